The van der Waals surface area contributed by atoms with Crippen LogP contribution in [0.4, 0.5) is 0 Å². The Labute approximate surface area is 125 Å². The Kier molecular flexibility index (Phi) is 5.49. The standard InChI is InChI=1S/C17H34N2O/c1-6-15-12-20-13(2)10-19(15)11-14-9-17(3,4)8-7-16(14)18-5/h13-16,18H,6-12H2,1-5H3. The van der Waals surface area contributed by atoms with E-state index in [1.807, 2.05) is 0 Å². The third-order valence-corrected chi connectivity index (χ3v) is 5.41. The molecular formula is C17H34N2O. The summed E-state index contributed by atoms with van der Waals surface area (Å²) in [6.45, 7) is 12.6. The van der Waals surface area contributed by atoms with Crippen molar-refractivity contribution in [3.8, 4) is 0 Å². The van der Waals surface area contributed by atoms with Crippen molar-refractivity contribution >= 4 is 0 Å². The molecule has 0 bridgehead atoms. The number of nitrogens with one attached hydrogen (secondary N) is 1. The number of nitrogens with zero attached hydrogens (tertiary/aromatic N) is 1. The van der Waals surface area contributed by atoms with Crippen molar-refractivity contribution in [1.82, 2.24) is 10.2 Å². The molecule has 0 spiro atoms. The van der Waals surface area contributed by atoms with Gasteiger partial charge in [0.2, 0.25) is 0 Å². The van der Waals surface area contributed by atoms with Crippen molar-refractivity contribution in [2.24, 2.45) is 11.3 Å². The molecule has 0 radical (unpaired) electrons. The van der Waals surface area contributed by atoms with Gasteiger partial charge in [-0.05, 0) is 51.0 Å². The van der Waals surface area contributed by atoms with Crippen molar-refractivity contribution < 1.29 is 4.74 Å². The van der Waals surface area contributed by atoms with Crippen molar-refractivity contribution in [3.63, 3.8) is 0 Å². The van der Waals surface area contributed by atoms with E-state index in [0.717, 1.165) is 19.1 Å². The van der Waals surface area contributed by atoms with E-state index in [9.17, 15) is 0 Å². The second-order valence-corrected chi connectivity index (χ2v) is 7.72. The second kappa shape index (κ2) is 6.76. The van der Waals surface area contributed by atoms with Crippen LogP contribution in [0.3, 0.4) is 0 Å². The van der Waals surface area contributed by atoms with E-state index in [1.165, 1.54) is 32.2 Å². The first-order valence-corrected chi connectivity index (χ1v) is 8.48. The maximum atomic E-state index is 5.84. The van der Waals surface area contributed by atoms with E-state index in [0.29, 0.717) is 23.6 Å². The fourth-order valence-electron chi connectivity index (χ4n) is 4.12. The van der Waals surface area contributed by atoms with E-state index in [-0.39, 0.29) is 0 Å². The first-order chi connectivity index (χ1) is 9.45. The zero-order chi connectivity index (χ0) is 14.8. The van der Waals surface area contributed by atoms with Crippen LogP contribution in [0.1, 0.15) is 53.4 Å². The molecule has 1 aliphatic heterocycles. The summed E-state index contributed by atoms with van der Waals surface area (Å²) in [5.74, 6) is 0.781. The minimum Gasteiger partial charge on any atom is -0.376 e. The Balaban J connectivity index is 2.00. The number of morpholine rings is 1. The van der Waals surface area contributed by atoms with Crippen LogP contribution in [-0.2, 0) is 4.74 Å². The molecule has 0 aromatic rings. The van der Waals surface area contributed by atoms with Crippen molar-refractivity contribution in [2.45, 2.75) is 71.6 Å². The molecule has 0 aromatic heterocycles. The molecule has 2 aliphatic rings. The van der Waals surface area contributed by atoms with Crippen LogP contribution in [0.15, 0.2) is 0 Å². The second-order valence-electron chi connectivity index (χ2n) is 7.72. The first kappa shape index (κ1) is 16.3. The van der Waals surface area contributed by atoms with Gasteiger partial charge in [-0.1, -0.05) is 20.8 Å². The molecule has 0 aromatic carbocycles. The Morgan fingerprint density at radius 2 is 2.10 bits per heavy atom. The fourth-order valence-corrected chi connectivity index (χ4v) is 4.12. The summed E-state index contributed by atoms with van der Waals surface area (Å²) < 4.78 is 5.84. The molecule has 1 aliphatic carbocycles. The van der Waals surface area contributed by atoms with E-state index >= 15 is 0 Å². The molecule has 4 atom stereocenters. The number of rotatable bonds is 4. The van der Waals surface area contributed by atoms with Gasteiger partial charge < -0.3 is 10.1 Å². The molecule has 1 saturated heterocycles. The lowest BCUT2D eigenvalue weighted by Crippen LogP contribution is -2.53. The number of ether oxygens (including phenoxy) is 1. The van der Waals surface area contributed by atoms with Crippen LogP contribution < -0.4 is 5.32 Å². The normalized spacial score (nSPS) is 38.9. The summed E-state index contributed by atoms with van der Waals surface area (Å²) in [7, 11) is 2.13. The lowest BCUT2D eigenvalue weighted by atomic mass is 9.69. The van der Waals surface area contributed by atoms with Crippen molar-refractivity contribution in [1.29, 1.82) is 0 Å². The van der Waals surface area contributed by atoms with Crippen LogP contribution in [0.25, 0.3) is 0 Å². The van der Waals surface area contributed by atoms with E-state index < -0.39 is 0 Å². The largest absolute Gasteiger partial charge is 0.376 e. The van der Waals surface area contributed by atoms with Gasteiger partial charge in [0.15, 0.2) is 0 Å². The summed E-state index contributed by atoms with van der Waals surface area (Å²) in [4.78, 5) is 2.70. The molecular weight excluding hydrogens is 248 g/mol. The SMILES string of the molecule is CCC1COC(C)CN1CC1CC(C)(C)CCC1NC. The molecule has 2 rings (SSSR count). The summed E-state index contributed by atoms with van der Waals surface area (Å²) in [6, 6.07) is 1.31. The fraction of sp³-hybridized carbons (Fsp3) is 1.00. The minimum absolute atomic E-state index is 0.391. The predicted molar refractivity (Wildman–Crippen MR) is 85.0 cm³/mol. The van der Waals surface area contributed by atoms with Gasteiger partial charge in [-0.3, -0.25) is 4.90 Å². The smallest absolute Gasteiger partial charge is 0.0674 e. The molecule has 20 heavy (non-hydrogen) atoms. The van der Waals surface area contributed by atoms with Crippen LogP contribution in [-0.4, -0.2) is 49.8 Å². The Hall–Kier alpha value is -0.120. The van der Waals surface area contributed by atoms with Crippen molar-refractivity contribution in [3.05, 3.63) is 0 Å². The zero-order valence-electron chi connectivity index (χ0n) is 14.1. The summed E-state index contributed by atoms with van der Waals surface area (Å²) in [5.41, 5.74) is 0.512. The van der Waals surface area contributed by atoms with E-state index in [4.69, 9.17) is 4.74 Å². The molecule has 3 nitrogen and oxygen atoms in total. The highest BCUT2D eigenvalue weighted by molar-refractivity contribution is 4.91. The van der Waals surface area contributed by atoms with Gasteiger partial charge in [0, 0.05) is 25.2 Å². The average Bonchev–Trinajstić information content (AvgIpc) is 2.38. The van der Waals surface area contributed by atoms with Gasteiger partial charge >= 0.3 is 0 Å². The highest BCUT2D eigenvalue weighted by Crippen LogP contribution is 2.39. The van der Waals surface area contributed by atoms with Crippen LogP contribution in [0, 0.1) is 11.3 Å². The van der Waals surface area contributed by atoms with Gasteiger partial charge in [-0.25, -0.2) is 0 Å². The van der Waals surface area contributed by atoms with Gasteiger partial charge in [0.05, 0.1) is 12.7 Å². The Bertz CT molecular complexity index is 305. The van der Waals surface area contributed by atoms with Crippen LogP contribution in [0.2, 0.25) is 0 Å². The summed E-state index contributed by atoms with van der Waals surface area (Å²) in [6.07, 6.45) is 5.62. The number of hydrogen-bond donors (Lipinski definition) is 1. The van der Waals surface area contributed by atoms with Crippen LogP contribution in [0.5, 0.6) is 0 Å². The highest BCUT2D eigenvalue weighted by atomic mass is 16.5. The first-order valence-electron chi connectivity index (χ1n) is 8.48. The maximum Gasteiger partial charge on any atom is 0.0674 e. The van der Waals surface area contributed by atoms with Gasteiger partial charge in [-0.2, -0.15) is 0 Å². The van der Waals surface area contributed by atoms with Gasteiger partial charge in [0.1, 0.15) is 0 Å². The molecule has 118 valence electrons. The quantitative estimate of drug-likeness (QED) is 0.858. The number of hydrogen-bond acceptors (Lipinski definition) is 3. The van der Waals surface area contributed by atoms with Gasteiger partial charge in [-0.15, -0.1) is 0 Å². The monoisotopic (exact) mass is 282 g/mol. The van der Waals surface area contributed by atoms with Crippen LogP contribution >= 0.6 is 0 Å². The van der Waals surface area contributed by atoms with Gasteiger partial charge in [0.25, 0.3) is 0 Å². The summed E-state index contributed by atoms with van der Waals surface area (Å²) >= 11 is 0. The topological polar surface area (TPSA) is 24.5 Å². The predicted octanol–water partition coefficient (Wildman–Crippen LogP) is 2.90. The molecule has 1 saturated carbocycles. The molecule has 3 heteroatoms. The lowest BCUT2D eigenvalue weighted by Gasteiger charge is -2.46. The van der Waals surface area contributed by atoms with E-state index in [1.54, 1.807) is 0 Å². The lowest BCUT2D eigenvalue weighted by molar-refractivity contribution is -0.0663. The average molecular weight is 282 g/mol. The third kappa shape index (κ3) is 3.96. The zero-order valence-corrected chi connectivity index (χ0v) is 14.1. The van der Waals surface area contributed by atoms with Crippen molar-refractivity contribution in [2.75, 3.05) is 26.7 Å². The third-order valence-electron chi connectivity index (χ3n) is 5.41. The molecule has 4 unspecified atom stereocenters. The molecule has 1 heterocycles. The highest BCUT2D eigenvalue weighted by Gasteiger charge is 2.37. The molecule has 1 N–H and O–H groups in total. The van der Waals surface area contributed by atoms with E-state index in [2.05, 4.69) is 45.0 Å². The maximum absolute atomic E-state index is 5.84. The Morgan fingerprint density at radius 3 is 2.75 bits per heavy atom. The molecule has 2 fully saturated rings. The summed E-state index contributed by atoms with van der Waals surface area (Å²) in [5, 5.41) is 3.57. The minimum atomic E-state index is 0.391. The Morgan fingerprint density at radius 1 is 1.35 bits per heavy atom. The molecule has 0 amide bonds.